The Morgan fingerprint density at radius 3 is 1.40 bits per heavy atom. The number of rotatable bonds is 2. The molecule has 0 unspecified atom stereocenters. The summed E-state index contributed by atoms with van der Waals surface area (Å²) < 4.78 is 0. The highest BCUT2D eigenvalue weighted by molar-refractivity contribution is 5.33. The Hall–Kier alpha value is -1.60. The predicted octanol–water partition coefficient (Wildman–Crippen LogP) is 3.07. The molecule has 1 heteroatoms. The normalized spacial score (nSPS) is 23.7. The molecule has 1 saturated heterocycles. The van der Waals surface area contributed by atoms with E-state index in [0.29, 0.717) is 12.1 Å². The van der Waals surface area contributed by atoms with E-state index in [4.69, 9.17) is 0 Å². The van der Waals surface area contributed by atoms with E-state index in [2.05, 4.69) is 66.0 Å². The molecule has 2 atom stereocenters. The van der Waals surface area contributed by atoms with Crippen LogP contribution in [0.5, 0.6) is 0 Å². The van der Waals surface area contributed by atoms with Crippen molar-refractivity contribution in [1.29, 1.82) is 0 Å². The molecular weight excluding hydrogens is 182 g/mol. The Morgan fingerprint density at radius 2 is 1.00 bits per heavy atom. The molecule has 0 saturated carbocycles. The molecular formula is C14H13N. The summed E-state index contributed by atoms with van der Waals surface area (Å²) in [6.07, 6.45) is 0. The maximum atomic E-state index is 3.50. The molecule has 0 spiro atoms. The van der Waals surface area contributed by atoms with Crippen LogP contribution in [0, 0.1) is 0 Å². The smallest absolute Gasteiger partial charge is 0.0523 e. The Bertz CT molecular complexity index is 392. The summed E-state index contributed by atoms with van der Waals surface area (Å²) in [5.41, 5.74) is 2.76. The minimum absolute atomic E-state index is 0.508. The molecule has 1 aliphatic rings. The SMILES string of the molecule is c1ccc([C@@H]2N[C@H]2c2ccccc2)cc1. The quantitative estimate of drug-likeness (QED) is 0.731. The molecule has 0 amide bonds. The molecule has 1 aliphatic heterocycles. The third-order valence-electron chi connectivity index (χ3n) is 2.90. The van der Waals surface area contributed by atoms with Gasteiger partial charge in [0.2, 0.25) is 0 Å². The van der Waals surface area contributed by atoms with Crippen LogP contribution in [0.3, 0.4) is 0 Å². The first-order valence-electron chi connectivity index (χ1n) is 5.31. The van der Waals surface area contributed by atoms with Gasteiger partial charge >= 0.3 is 0 Å². The lowest BCUT2D eigenvalue weighted by Gasteiger charge is -1.97. The second kappa shape index (κ2) is 3.52. The first-order valence-corrected chi connectivity index (χ1v) is 5.31. The number of hydrogen-bond donors (Lipinski definition) is 1. The maximum absolute atomic E-state index is 3.50. The van der Waals surface area contributed by atoms with E-state index in [1.165, 1.54) is 11.1 Å². The number of hydrogen-bond acceptors (Lipinski definition) is 1. The zero-order chi connectivity index (χ0) is 10.1. The van der Waals surface area contributed by atoms with Gasteiger partial charge in [-0.25, -0.2) is 0 Å². The van der Waals surface area contributed by atoms with Crippen molar-refractivity contribution >= 4 is 0 Å². The van der Waals surface area contributed by atoms with Gasteiger partial charge in [-0.1, -0.05) is 60.7 Å². The molecule has 0 aliphatic carbocycles. The first-order chi connectivity index (χ1) is 7.45. The molecule has 74 valence electrons. The lowest BCUT2D eigenvalue weighted by molar-refractivity contribution is 1.03. The van der Waals surface area contributed by atoms with E-state index in [1.54, 1.807) is 0 Å². The van der Waals surface area contributed by atoms with Crippen LogP contribution in [0.1, 0.15) is 23.2 Å². The first kappa shape index (κ1) is 8.69. The van der Waals surface area contributed by atoms with E-state index in [-0.39, 0.29) is 0 Å². The maximum Gasteiger partial charge on any atom is 0.0523 e. The summed E-state index contributed by atoms with van der Waals surface area (Å²) >= 11 is 0. The summed E-state index contributed by atoms with van der Waals surface area (Å²) in [6.45, 7) is 0. The Labute approximate surface area is 89.8 Å². The largest absolute Gasteiger partial charge is 0.300 e. The fraction of sp³-hybridized carbons (Fsp3) is 0.143. The molecule has 1 fully saturated rings. The average molecular weight is 195 g/mol. The van der Waals surface area contributed by atoms with Crippen LogP contribution < -0.4 is 5.32 Å². The van der Waals surface area contributed by atoms with Gasteiger partial charge in [-0.05, 0) is 11.1 Å². The van der Waals surface area contributed by atoms with Gasteiger partial charge in [-0.3, -0.25) is 5.32 Å². The van der Waals surface area contributed by atoms with Crippen molar-refractivity contribution in [3.05, 3.63) is 71.8 Å². The molecule has 1 nitrogen and oxygen atoms in total. The van der Waals surface area contributed by atoms with Crippen molar-refractivity contribution in [2.24, 2.45) is 0 Å². The van der Waals surface area contributed by atoms with Crippen LogP contribution in [-0.4, -0.2) is 0 Å². The predicted molar refractivity (Wildman–Crippen MR) is 61.5 cm³/mol. The minimum Gasteiger partial charge on any atom is -0.300 e. The minimum atomic E-state index is 0.508. The Balaban J connectivity index is 1.81. The highest BCUT2D eigenvalue weighted by atomic mass is 15.1. The van der Waals surface area contributed by atoms with Gasteiger partial charge in [0.25, 0.3) is 0 Å². The lowest BCUT2D eigenvalue weighted by atomic mass is 10.0. The van der Waals surface area contributed by atoms with Gasteiger partial charge in [-0.2, -0.15) is 0 Å². The van der Waals surface area contributed by atoms with Crippen molar-refractivity contribution in [2.45, 2.75) is 12.1 Å². The fourth-order valence-electron chi connectivity index (χ4n) is 2.04. The Kier molecular flexibility index (Phi) is 2.04. The molecule has 1 N–H and O–H groups in total. The molecule has 3 rings (SSSR count). The van der Waals surface area contributed by atoms with Crippen molar-refractivity contribution in [3.63, 3.8) is 0 Å². The third-order valence-corrected chi connectivity index (χ3v) is 2.90. The molecule has 0 radical (unpaired) electrons. The van der Waals surface area contributed by atoms with Crippen molar-refractivity contribution in [2.75, 3.05) is 0 Å². The Morgan fingerprint density at radius 1 is 0.600 bits per heavy atom. The summed E-state index contributed by atoms with van der Waals surface area (Å²) in [6, 6.07) is 22.2. The second-order valence-corrected chi connectivity index (χ2v) is 3.94. The second-order valence-electron chi connectivity index (χ2n) is 3.94. The molecule has 2 aromatic carbocycles. The molecule has 15 heavy (non-hydrogen) atoms. The lowest BCUT2D eigenvalue weighted by Crippen LogP contribution is -1.82. The average Bonchev–Trinajstić information content (AvgIpc) is 3.11. The van der Waals surface area contributed by atoms with E-state index in [0.717, 1.165) is 0 Å². The van der Waals surface area contributed by atoms with Gasteiger partial charge in [0, 0.05) is 0 Å². The van der Waals surface area contributed by atoms with Crippen LogP contribution in [0.15, 0.2) is 60.7 Å². The van der Waals surface area contributed by atoms with E-state index >= 15 is 0 Å². The van der Waals surface area contributed by atoms with Gasteiger partial charge in [0.05, 0.1) is 12.1 Å². The van der Waals surface area contributed by atoms with Crippen LogP contribution >= 0.6 is 0 Å². The highest BCUT2D eigenvalue weighted by Gasteiger charge is 2.38. The molecule has 2 aromatic rings. The van der Waals surface area contributed by atoms with Crippen LogP contribution in [0.4, 0.5) is 0 Å². The van der Waals surface area contributed by atoms with Gasteiger partial charge < -0.3 is 0 Å². The fourth-order valence-corrected chi connectivity index (χ4v) is 2.04. The van der Waals surface area contributed by atoms with Crippen molar-refractivity contribution in [1.82, 2.24) is 5.32 Å². The van der Waals surface area contributed by atoms with E-state index in [1.807, 2.05) is 0 Å². The van der Waals surface area contributed by atoms with E-state index in [9.17, 15) is 0 Å². The van der Waals surface area contributed by atoms with Gasteiger partial charge in [-0.15, -0.1) is 0 Å². The molecule has 1 heterocycles. The monoisotopic (exact) mass is 195 g/mol. The van der Waals surface area contributed by atoms with E-state index < -0.39 is 0 Å². The number of benzene rings is 2. The standard InChI is InChI=1S/C14H13N/c1-3-7-11(8-4-1)13-14(15-13)12-9-5-2-6-10-12/h1-10,13-15H/t13-,14-/m0/s1. The van der Waals surface area contributed by atoms with Crippen LogP contribution in [0.25, 0.3) is 0 Å². The van der Waals surface area contributed by atoms with Crippen LogP contribution in [-0.2, 0) is 0 Å². The van der Waals surface area contributed by atoms with Crippen molar-refractivity contribution in [3.8, 4) is 0 Å². The summed E-state index contributed by atoms with van der Waals surface area (Å²) in [5, 5.41) is 3.50. The molecule has 0 bridgehead atoms. The summed E-state index contributed by atoms with van der Waals surface area (Å²) in [5.74, 6) is 0. The third kappa shape index (κ3) is 1.66. The zero-order valence-electron chi connectivity index (χ0n) is 8.43. The van der Waals surface area contributed by atoms with Crippen LogP contribution in [0.2, 0.25) is 0 Å². The van der Waals surface area contributed by atoms with Gasteiger partial charge in [0.1, 0.15) is 0 Å². The topological polar surface area (TPSA) is 21.9 Å². The molecule has 0 aromatic heterocycles. The number of nitrogens with one attached hydrogen (secondary N) is 1. The highest BCUT2D eigenvalue weighted by Crippen LogP contribution is 2.41. The van der Waals surface area contributed by atoms with Crippen molar-refractivity contribution < 1.29 is 0 Å². The zero-order valence-corrected chi connectivity index (χ0v) is 8.43. The van der Waals surface area contributed by atoms with Gasteiger partial charge in [0.15, 0.2) is 0 Å². The summed E-state index contributed by atoms with van der Waals surface area (Å²) in [4.78, 5) is 0. The summed E-state index contributed by atoms with van der Waals surface area (Å²) in [7, 11) is 0.